The van der Waals surface area contributed by atoms with Crippen molar-refractivity contribution in [3.8, 4) is 5.75 Å². The maximum absolute atomic E-state index is 5.57. The molecule has 1 heterocycles. The topological polar surface area (TPSA) is 50.8 Å². The molecule has 1 N–H and O–H groups in total. The molecule has 82 valence electrons. The fraction of sp³-hybridized carbons (Fsp3) is 0.333. The van der Waals surface area contributed by atoms with Crippen LogP contribution in [0.3, 0.4) is 0 Å². The van der Waals surface area contributed by atoms with E-state index in [9.17, 15) is 0 Å². The van der Waals surface area contributed by atoms with Gasteiger partial charge in [-0.05, 0) is 25.0 Å². The number of H-pyrrole nitrogens is 1. The highest BCUT2D eigenvalue weighted by Crippen LogP contribution is 2.37. The summed E-state index contributed by atoms with van der Waals surface area (Å²) in [5.41, 5.74) is 0. The molecule has 0 atom stereocenters. The third-order valence-electron chi connectivity index (χ3n) is 2.61. The van der Waals surface area contributed by atoms with Gasteiger partial charge in [0.1, 0.15) is 12.4 Å². The second kappa shape index (κ2) is 3.96. The number of hydrogen-bond donors (Lipinski definition) is 1. The van der Waals surface area contributed by atoms with Gasteiger partial charge in [0.2, 0.25) is 0 Å². The molecule has 1 aromatic carbocycles. The highest BCUT2D eigenvalue weighted by atomic mass is 16.5. The highest BCUT2D eigenvalue weighted by molar-refractivity contribution is 5.21. The van der Waals surface area contributed by atoms with Gasteiger partial charge in [-0.15, -0.1) is 0 Å². The van der Waals surface area contributed by atoms with Crippen LogP contribution in [0, 0.1) is 0 Å². The fourth-order valence-corrected chi connectivity index (χ4v) is 1.57. The molecule has 0 radical (unpaired) electrons. The van der Waals surface area contributed by atoms with Crippen LogP contribution >= 0.6 is 0 Å². The van der Waals surface area contributed by atoms with Crippen LogP contribution in [0.4, 0.5) is 0 Å². The van der Waals surface area contributed by atoms with Gasteiger partial charge in [-0.25, -0.2) is 4.98 Å². The molecule has 16 heavy (non-hydrogen) atoms. The van der Waals surface area contributed by atoms with Crippen LogP contribution in [0.15, 0.2) is 30.3 Å². The van der Waals surface area contributed by atoms with E-state index >= 15 is 0 Å². The first-order valence-corrected chi connectivity index (χ1v) is 5.51. The molecule has 0 bridgehead atoms. The van der Waals surface area contributed by atoms with E-state index in [-0.39, 0.29) is 0 Å². The van der Waals surface area contributed by atoms with Gasteiger partial charge < -0.3 is 4.74 Å². The Bertz CT molecular complexity index is 462. The Hall–Kier alpha value is -1.84. The molecule has 1 aliphatic carbocycles. The zero-order valence-corrected chi connectivity index (χ0v) is 8.89. The minimum absolute atomic E-state index is 0.448. The molecular formula is C12H13N3O. The van der Waals surface area contributed by atoms with Crippen molar-refractivity contribution in [2.45, 2.75) is 25.4 Å². The van der Waals surface area contributed by atoms with E-state index < -0.39 is 0 Å². The van der Waals surface area contributed by atoms with E-state index in [0.29, 0.717) is 12.5 Å². The smallest absolute Gasteiger partial charge is 0.162 e. The number of nitrogens with one attached hydrogen (secondary N) is 1. The summed E-state index contributed by atoms with van der Waals surface area (Å²) >= 11 is 0. The monoisotopic (exact) mass is 215 g/mol. The second-order valence-corrected chi connectivity index (χ2v) is 4.02. The summed E-state index contributed by atoms with van der Waals surface area (Å²) in [5.74, 6) is 3.17. The first-order valence-electron chi connectivity index (χ1n) is 5.51. The Balaban J connectivity index is 1.61. The van der Waals surface area contributed by atoms with Gasteiger partial charge in [0.05, 0.1) is 0 Å². The van der Waals surface area contributed by atoms with Crippen LogP contribution in [-0.4, -0.2) is 15.2 Å². The van der Waals surface area contributed by atoms with E-state index in [1.54, 1.807) is 0 Å². The average Bonchev–Trinajstić information content (AvgIpc) is 3.08. The number of rotatable bonds is 4. The summed E-state index contributed by atoms with van der Waals surface area (Å²) in [4.78, 5) is 4.40. The third-order valence-corrected chi connectivity index (χ3v) is 2.61. The van der Waals surface area contributed by atoms with Crippen molar-refractivity contribution in [2.24, 2.45) is 0 Å². The summed E-state index contributed by atoms with van der Waals surface area (Å²) in [5, 5.41) is 7.09. The number of nitrogens with zero attached hydrogens (tertiary/aromatic N) is 2. The second-order valence-electron chi connectivity index (χ2n) is 4.02. The molecule has 4 heteroatoms. The van der Waals surface area contributed by atoms with E-state index in [1.165, 1.54) is 12.8 Å². The minimum atomic E-state index is 0.448. The highest BCUT2D eigenvalue weighted by Gasteiger charge is 2.27. The summed E-state index contributed by atoms with van der Waals surface area (Å²) < 4.78 is 5.57. The number of ether oxygens (including phenoxy) is 1. The van der Waals surface area contributed by atoms with E-state index in [2.05, 4.69) is 15.2 Å². The Kier molecular flexibility index (Phi) is 2.33. The normalized spacial score (nSPS) is 15.0. The number of para-hydroxylation sites is 1. The average molecular weight is 215 g/mol. The molecule has 2 aromatic rings. The molecule has 1 saturated carbocycles. The summed E-state index contributed by atoms with van der Waals surface area (Å²) in [6.45, 7) is 0.448. The number of hydrogen-bond acceptors (Lipinski definition) is 3. The Labute approximate surface area is 93.7 Å². The van der Waals surface area contributed by atoms with Crippen molar-refractivity contribution in [1.29, 1.82) is 0 Å². The van der Waals surface area contributed by atoms with Crippen molar-refractivity contribution in [3.05, 3.63) is 42.0 Å². The van der Waals surface area contributed by atoms with Gasteiger partial charge in [-0.2, -0.15) is 5.10 Å². The lowest BCUT2D eigenvalue weighted by Crippen LogP contribution is -1.97. The number of aromatic amines is 1. The predicted octanol–water partition coefficient (Wildman–Crippen LogP) is 2.26. The van der Waals surface area contributed by atoms with Crippen molar-refractivity contribution < 1.29 is 4.74 Å². The molecule has 3 rings (SSSR count). The molecule has 1 aromatic heterocycles. The van der Waals surface area contributed by atoms with Crippen molar-refractivity contribution in [3.63, 3.8) is 0 Å². The summed E-state index contributed by atoms with van der Waals surface area (Å²) in [7, 11) is 0. The first-order chi connectivity index (χ1) is 7.92. The van der Waals surface area contributed by atoms with Crippen molar-refractivity contribution in [2.75, 3.05) is 0 Å². The first kappa shape index (κ1) is 9.39. The SMILES string of the molecule is c1ccc(OCc2nc(C3CC3)n[nH]2)cc1. The Morgan fingerprint density at radius 1 is 1.25 bits per heavy atom. The molecule has 0 unspecified atom stereocenters. The maximum atomic E-state index is 5.57. The van der Waals surface area contributed by atoms with Crippen LogP contribution < -0.4 is 4.74 Å². The van der Waals surface area contributed by atoms with Gasteiger partial charge >= 0.3 is 0 Å². The molecule has 0 saturated heterocycles. The molecule has 0 aliphatic heterocycles. The van der Waals surface area contributed by atoms with Crippen LogP contribution in [0.5, 0.6) is 5.75 Å². The van der Waals surface area contributed by atoms with E-state index in [1.807, 2.05) is 30.3 Å². The predicted molar refractivity (Wildman–Crippen MR) is 59.1 cm³/mol. The van der Waals surface area contributed by atoms with Crippen LogP contribution in [0.2, 0.25) is 0 Å². The van der Waals surface area contributed by atoms with Crippen LogP contribution in [0.25, 0.3) is 0 Å². The third kappa shape index (κ3) is 2.05. The Morgan fingerprint density at radius 3 is 2.81 bits per heavy atom. The summed E-state index contributed by atoms with van der Waals surface area (Å²) in [6.07, 6.45) is 2.44. The van der Waals surface area contributed by atoms with Gasteiger partial charge in [0.15, 0.2) is 11.6 Å². The number of aromatic nitrogens is 3. The fourth-order valence-electron chi connectivity index (χ4n) is 1.57. The molecule has 1 aliphatic rings. The molecule has 1 fully saturated rings. The van der Waals surface area contributed by atoms with E-state index in [4.69, 9.17) is 4.74 Å². The molecular weight excluding hydrogens is 202 g/mol. The van der Waals surface area contributed by atoms with Gasteiger partial charge in [0.25, 0.3) is 0 Å². The number of benzene rings is 1. The quantitative estimate of drug-likeness (QED) is 0.851. The van der Waals surface area contributed by atoms with Crippen LogP contribution in [-0.2, 0) is 6.61 Å². The van der Waals surface area contributed by atoms with Gasteiger partial charge in [-0.1, -0.05) is 18.2 Å². The lowest BCUT2D eigenvalue weighted by molar-refractivity contribution is 0.296. The lowest BCUT2D eigenvalue weighted by Gasteiger charge is -2.02. The molecule has 0 spiro atoms. The lowest BCUT2D eigenvalue weighted by atomic mass is 10.3. The standard InChI is InChI=1S/C12H13N3O/c1-2-4-10(5-3-1)16-8-11-13-12(15-14-11)9-6-7-9/h1-5,9H,6-8H2,(H,13,14,15). The van der Waals surface area contributed by atoms with E-state index in [0.717, 1.165) is 17.4 Å². The van der Waals surface area contributed by atoms with Crippen molar-refractivity contribution >= 4 is 0 Å². The Morgan fingerprint density at radius 2 is 2.06 bits per heavy atom. The van der Waals surface area contributed by atoms with Crippen molar-refractivity contribution in [1.82, 2.24) is 15.2 Å². The zero-order chi connectivity index (χ0) is 10.8. The van der Waals surface area contributed by atoms with Gasteiger partial charge in [0, 0.05) is 5.92 Å². The van der Waals surface area contributed by atoms with Crippen LogP contribution in [0.1, 0.15) is 30.4 Å². The minimum Gasteiger partial charge on any atom is -0.486 e. The molecule has 0 amide bonds. The van der Waals surface area contributed by atoms with Gasteiger partial charge in [-0.3, -0.25) is 5.10 Å². The molecule has 4 nitrogen and oxygen atoms in total. The zero-order valence-electron chi connectivity index (χ0n) is 8.89. The maximum Gasteiger partial charge on any atom is 0.162 e. The summed E-state index contributed by atoms with van der Waals surface area (Å²) in [6, 6.07) is 9.72. The largest absolute Gasteiger partial charge is 0.486 e.